The van der Waals surface area contributed by atoms with Crippen LogP contribution in [0.4, 0.5) is 10.5 Å². The summed E-state index contributed by atoms with van der Waals surface area (Å²) in [5, 5.41) is 15.2. The number of hydrogen-bond donors (Lipinski definition) is 3. The predicted octanol–water partition coefficient (Wildman–Crippen LogP) is 5.71. The fraction of sp³-hybridized carbons (Fsp3) is 0.350. The molecule has 0 bridgehead atoms. The highest BCUT2D eigenvalue weighted by molar-refractivity contribution is 5.92. The lowest BCUT2D eigenvalue weighted by atomic mass is 9.97. The SMILES string of the molecule is COC(=O)C(Cc1ccccc1)NC(=O)Nc1cccc(C2OC(CN3CCc4cc(OC)c(OC)cc4C3)CC(c3ccc(CO)cc3)O2)c1. The van der Waals surface area contributed by atoms with Crippen molar-refractivity contribution in [1.29, 1.82) is 0 Å². The number of methoxy groups -OCH3 is 3. The Balaban J connectivity index is 1.17. The van der Waals surface area contributed by atoms with Crippen LogP contribution in [0, 0.1) is 0 Å². The van der Waals surface area contributed by atoms with Crippen LogP contribution in [0.2, 0.25) is 0 Å². The Morgan fingerprint density at radius 1 is 0.863 bits per heavy atom. The van der Waals surface area contributed by atoms with E-state index in [0.717, 1.165) is 47.5 Å². The topological polar surface area (TPSA) is 128 Å². The van der Waals surface area contributed by atoms with E-state index in [1.54, 1.807) is 20.3 Å². The van der Waals surface area contributed by atoms with Crippen LogP contribution in [-0.2, 0) is 45.0 Å². The van der Waals surface area contributed by atoms with E-state index >= 15 is 0 Å². The summed E-state index contributed by atoms with van der Waals surface area (Å²) in [7, 11) is 4.60. The molecule has 6 rings (SSSR count). The molecule has 3 N–H and O–H groups in total. The molecule has 11 nitrogen and oxygen atoms in total. The van der Waals surface area contributed by atoms with Gasteiger partial charge in [-0.15, -0.1) is 0 Å². The van der Waals surface area contributed by atoms with Gasteiger partial charge in [0.15, 0.2) is 17.8 Å². The quantitative estimate of drug-likeness (QED) is 0.160. The van der Waals surface area contributed by atoms with Crippen molar-refractivity contribution in [3.8, 4) is 11.5 Å². The molecule has 0 radical (unpaired) electrons. The van der Waals surface area contributed by atoms with Gasteiger partial charge >= 0.3 is 12.0 Å². The third kappa shape index (κ3) is 9.05. The summed E-state index contributed by atoms with van der Waals surface area (Å²) in [4.78, 5) is 28.0. The molecule has 0 aliphatic carbocycles. The molecule has 268 valence electrons. The molecular formula is C40H45N3O8. The molecule has 4 aromatic rings. The molecule has 4 aromatic carbocycles. The fourth-order valence-corrected chi connectivity index (χ4v) is 6.69. The number of carbonyl (C=O) groups excluding carboxylic acids is 2. The van der Waals surface area contributed by atoms with Crippen LogP contribution in [0.1, 0.15) is 52.2 Å². The Morgan fingerprint density at radius 3 is 2.31 bits per heavy atom. The van der Waals surface area contributed by atoms with Gasteiger partial charge in [0.05, 0.1) is 40.1 Å². The van der Waals surface area contributed by atoms with E-state index < -0.39 is 24.3 Å². The summed E-state index contributed by atoms with van der Waals surface area (Å²) in [6.45, 7) is 2.28. The zero-order valence-electron chi connectivity index (χ0n) is 29.2. The summed E-state index contributed by atoms with van der Waals surface area (Å²) in [5.74, 6) is 0.915. The third-order valence-electron chi connectivity index (χ3n) is 9.36. The number of esters is 1. The molecule has 11 heteroatoms. The minimum atomic E-state index is -0.866. The molecule has 0 spiro atoms. The van der Waals surface area contributed by atoms with Crippen molar-refractivity contribution >= 4 is 17.7 Å². The average Bonchev–Trinajstić information content (AvgIpc) is 3.17. The first kappa shape index (κ1) is 35.9. The van der Waals surface area contributed by atoms with Crippen molar-refractivity contribution in [2.24, 2.45) is 0 Å². The summed E-state index contributed by atoms with van der Waals surface area (Å²) >= 11 is 0. The Hall–Kier alpha value is -4.94. The zero-order chi connectivity index (χ0) is 35.7. The minimum Gasteiger partial charge on any atom is -0.493 e. The summed E-state index contributed by atoms with van der Waals surface area (Å²) in [5.41, 5.74) is 6.43. The molecule has 2 heterocycles. The first-order valence-corrected chi connectivity index (χ1v) is 17.1. The molecule has 0 aromatic heterocycles. The smallest absolute Gasteiger partial charge is 0.328 e. The number of carbonyl (C=O) groups is 2. The molecule has 1 fully saturated rings. The maximum absolute atomic E-state index is 13.1. The molecule has 4 unspecified atom stereocenters. The van der Waals surface area contributed by atoms with Crippen molar-refractivity contribution in [1.82, 2.24) is 10.2 Å². The van der Waals surface area contributed by atoms with E-state index in [4.69, 9.17) is 23.7 Å². The summed E-state index contributed by atoms with van der Waals surface area (Å²) in [6.07, 6.45) is 0.677. The van der Waals surface area contributed by atoms with E-state index in [2.05, 4.69) is 27.7 Å². The highest BCUT2D eigenvalue weighted by atomic mass is 16.7. The van der Waals surface area contributed by atoms with Gasteiger partial charge in [-0.2, -0.15) is 0 Å². The second kappa shape index (κ2) is 16.8. The molecule has 4 atom stereocenters. The number of hydrogen-bond acceptors (Lipinski definition) is 9. The molecule has 2 aliphatic heterocycles. The third-order valence-corrected chi connectivity index (χ3v) is 9.36. The summed E-state index contributed by atoms with van der Waals surface area (Å²) < 4.78 is 29.3. The molecule has 51 heavy (non-hydrogen) atoms. The maximum atomic E-state index is 13.1. The van der Waals surface area contributed by atoms with Crippen LogP contribution in [0.15, 0.2) is 91.0 Å². The van der Waals surface area contributed by atoms with Crippen LogP contribution in [0.25, 0.3) is 0 Å². The highest BCUT2D eigenvalue weighted by Crippen LogP contribution is 2.39. The number of nitrogens with one attached hydrogen (secondary N) is 2. The van der Waals surface area contributed by atoms with Gasteiger partial charge in [0.25, 0.3) is 0 Å². The monoisotopic (exact) mass is 695 g/mol. The maximum Gasteiger partial charge on any atom is 0.328 e. The first-order chi connectivity index (χ1) is 24.8. The lowest BCUT2D eigenvalue weighted by Gasteiger charge is -2.39. The van der Waals surface area contributed by atoms with Crippen LogP contribution < -0.4 is 20.1 Å². The van der Waals surface area contributed by atoms with Gasteiger partial charge in [-0.25, -0.2) is 9.59 Å². The van der Waals surface area contributed by atoms with Crippen LogP contribution in [-0.4, -0.2) is 68.6 Å². The number of rotatable bonds is 12. The van der Waals surface area contributed by atoms with Gasteiger partial charge in [0.2, 0.25) is 0 Å². The van der Waals surface area contributed by atoms with Crippen molar-refractivity contribution in [3.05, 3.63) is 124 Å². The van der Waals surface area contributed by atoms with E-state index in [9.17, 15) is 14.7 Å². The Morgan fingerprint density at radius 2 is 1.61 bits per heavy atom. The number of aliphatic hydroxyl groups excluding tert-OH is 1. The molecule has 2 aliphatic rings. The van der Waals surface area contributed by atoms with E-state index in [1.807, 2.05) is 72.8 Å². The predicted molar refractivity (Wildman–Crippen MR) is 191 cm³/mol. The summed E-state index contributed by atoms with van der Waals surface area (Å²) in [6, 6.07) is 27.3. The molecule has 0 saturated carbocycles. The average molecular weight is 696 g/mol. The lowest BCUT2D eigenvalue weighted by molar-refractivity contribution is -0.253. The van der Waals surface area contributed by atoms with Gasteiger partial charge in [-0.1, -0.05) is 66.7 Å². The Bertz CT molecular complexity index is 1780. The highest BCUT2D eigenvalue weighted by Gasteiger charge is 2.34. The van der Waals surface area contributed by atoms with E-state index in [-0.39, 0.29) is 25.2 Å². The van der Waals surface area contributed by atoms with Gasteiger partial charge in [-0.05, 0) is 58.5 Å². The number of aliphatic hydroxyl groups is 1. The molecule has 2 amide bonds. The number of nitrogens with zero attached hydrogens (tertiary/aromatic N) is 1. The van der Waals surface area contributed by atoms with Crippen LogP contribution in [0.3, 0.4) is 0 Å². The number of benzene rings is 4. The fourth-order valence-electron chi connectivity index (χ4n) is 6.69. The Kier molecular flexibility index (Phi) is 11.8. The lowest BCUT2D eigenvalue weighted by Crippen LogP contribution is -2.45. The number of urea groups is 1. The van der Waals surface area contributed by atoms with E-state index in [0.29, 0.717) is 24.4 Å². The first-order valence-electron chi connectivity index (χ1n) is 17.1. The van der Waals surface area contributed by atoms with Crippen LogP contribution in [0.5, 0.6) is 11.5 Å². The number of ether oxygens (including phenoxy) is 5. The van der Waals surface area contributed by atoms with Crippen molar-refractivity contribution in [2.75, 3.05) is 39.7 Å². The number of anilines is 1. The van der Waals surface area contributed by atoms with Gasteiger partial charge in [-0.3, -0.25) is 4.90 Å². The second-order valence-corrected chi connectivity index (χ2v) is 12.8. The number of amides is 2. The standard InChI is InChI=1S/C40H45N3O8/c1-47-36-20-29-16-17-43(23-31(29)21-37(36)48-2)24-33-22-35(28-14-12-27(25-44)13-15-28)51-39(50-33)30-10-7-11-32(19-30)41-40(46)42-34(38(45)49-3)18-26-8-5-4-6-9-26/h4-15,19-21,33-35,39,44H,16-18,22-25H2,1-3H3,(H2,41,42,46). The van der Waals surface area contributed by atoms with Gasteiger partial charge in [0.1, 0.15) is 6.04 Å². The van der Waals surface area contributed by atoms with Crippen LogP contribution >= 0.6 is 0 Å². The minimum absolute atomic E-state index is 0.0345. The van der Waals surface area contributed by atoms with Crippen molar-refractivity contribution < 1.29 is 38.4 Å². The normalized spacial score (nSPS) is 19.3. The Labute approximate surface area is 298 Å². The van der Waals surface area contributed by atoms with Crippen molar-refractivity contribution in [3.63, 3.8) is 0 Å². The van der Waals surface area contributed by atoms with E-state index in [1.165, 1.54) is 18.2 Å². The van der Waals surface area contributed by atoms with Gasteiger partial charge in [0, 0.05) is 43.7 Å². The van der Waals surface area contributed by atoms with Crippen molar-refractivity contribution in [2.45, 2.75) is 57.0 Å². The second-order valence-electron chi connectivity index (χ2n) is 12.8. The zero-order valence-corrected chi connectivity index (χ0v) is 29.2. The van der Waals surface area contributed by atoms with Gasteiger partial charge < -0.3 is 39.4 Å². The largest absolute Gasteiger partial charge is 0.493 e. The molecular weight excluding hydrogens is 650 g/mol. The number of fused-ring (bicyclic) bond motifs is 1. The molecule has 1 saturated heterocycles.